The lowest BCUT2D eigenvalue weighted by molar-refractivity contribution is -0.141. The molecule has 0 aliphatic carbocycles. The van der Waals surface area contributed by atoms with Gasteiger partial charge in [-0.25, -0.2) is 4.98 Å². The van der Waals surface area contributed by atoms with Gasteiger partial charge in [0.05, 0.1) is 0 Å². The third-order valence-corrected chi connectivity index (χ3v) is 5.65. The molecule has 10 heteroatoms. The minimum absolute atomic E-state index is 0. The van der Waals surface area contributed by atoms with E-state index in [4.69, 9.17) is 4.98 Å². The standard InChI is InChI=1S/C22H18F3N5O.ClH/c1-29-17-6-8-26-12-16(17)15-3-5-19(28-21(15)29)30-9-7-13(10-20(30)31)14-2-4-18(27-11-14)22(23,24)25;/h2-5,7,9-11,26H,6,8,12H2,1H3;1H. The van der Waals surface area contributed by atoms with Crippen LogP contribution in [0.1, 0.15) is 17.0 Å². The summed E-state index contributed by atoms with van der Waals surface area (Å²) in [5.41, 5.74) is 2.92. The van der Waals surface area contributed by atoms with Crippen LogP contribution in [0, 0.1) is 0 Å². The van der Waals surface area contributed by atoms with E-state index in [9.17, 15) is 18.0 Å². The van der Waals surface area contributed by atoms with E-state index in [-0.39, 0.29) is 18.0 Å². The number of nitrogens with one attached hydrogen (secondary N) is 1. The highest BCUT2D eigenvalue weighted by atomic mass is 35.5. The maximum atomic E-state index is 12.8. The van der Waals surface area contributed by atoms with Gasteiger partial charge in [-0.15, -0.1) is 12.4 Å². The fourth-order valence-corrected chi connectivity index (χ4v) is 4.07. The molecule has 0 spiro atoms. The van der Waals surface area contributed by atoms with Crippen LogP contribution in [0.3, 0.4) is 0 Å². The maximum Gasteiger partial charge on any atom is 0.433 e. The fourth-order valence-electron chi connectivity index (χ4n) is 4.07. The number of halogens is 4. The smallest absolute Gasteiger partial charge is 0.332 e. The third kappa shape index (κ3) is 3.67. The van der Waals surface area contributed by atoms with E-state index in [0.29, 0.717) is 16.9 Å². The molecule has 0 aromatic carbocycles. The first-order valence-corrected chi connectivity index (χ1v) is 9.77. The summed E-state index contributed by atoms with van der Waals surface area (Å²) in [5.74, 6) is 0.487. The first-order chi connectivity index (χ1) is 14.8. The molecule has 4 aromatic heterocycles. The summed E-state index contributed by atoms with van der Waals surface area (Å²) in [4.78, 5) is 20.9. The van der Waals surface area contributed by atoms with Gasteiger partial charge in [0.25, 0.3) is 5.56 Å². The van der Waals surface area contributed by atoms with Crippen molar-refractivity contribution in [2.24, 2.45) is 7.05 Å². The Hall–Kier alpha value is -3.17. The SMILES string of the molecule is Cl.Cn1c2c(c3ccc(-n4ccc(-c5ccc(C(F)(F)F)nc5)cc4=O)nc31)CNCC2. The molecule has 5 heterocycles. The average molecular weight is 462 g/mol. The van der Waals surface area contributed by atoms with E-state index < -0.39 is 11.9 Å². The van der Waals surface area contributed by atoms with Gasteiger partial charge in [-0.3, -0.25) is 14.3 Å². The number of fused-ring (bicyclic) bond motifs is 3. The van der Waals surface area contributed by atoms with Crippen molar-refractivity contribution in [3.63, 3.8) is 0 Å². The van der Waals surface area contributed by atoms with Crippen LogP contribution in [0.25, 0.3) is 28.0 Å². The summed E-state index contributed by atoms with van der Waals surface area (Å²) in [7, 11) is 1.98. The van der Waals surface area contributed by atoms with Crippen LogP contribution in [0.5, 0.6) is 0 Å². The van der Waals surface area contributed by atoms with Crippen molar-refractivity contribution in [1.29, 1.82) is 0 Å². The summed E-state index contributed by atoms with van der Waals surface area (Å²) < 4.78 is 41.6. The van der Waals surface area contributed by atoms with Gasteiger partial charge < -0.3 is 9.88 Å². The molecule has 0 saturated carbocycles. The number of rotatable bonds is 2. The Kier molecular flexibility index (Phi) is 5.56. The quantitative estimate of drug-likeness (QED) is 0.492. The fraction of sp³-hybridized carbons (Fsp3) is 0.227. The molecule has 0 bridgehead atoms. The molecule has 32 heavy (non-hydrogen) atoms. The highest BCUT2D eigenvalue weighted by Gasteiger charge is 2.32. The topological polar surface area (TPSA) is 64.7 Å². The second-order valence-corrected chi connectivity index (χ2v) is 7.51. The molecular weight excluding hydrogens is 443 g/mol. The van der Waals surface area contributed by atoms with Gasteiger partial charge >= 0.3 is 6.18 Å². The van der Waals surface area contributed by atoms with E-state index >= 15 is 0 Å². The first kappa shape index (κ1) is 22.0. The number of aromatic nitrogens is 4. The molecule has 6 nitrogen and oxygen atoms in total. The lowest BCUT2D eigenvalue weighted by Gasteiger charge is -2.14. The van der Waals surface area contributed by atoms with Crippen LogP contribution < -0.4 is 10.9 Å². The van der Waals surface area contributed by atoms with Gasteiger partial charge in [0.15, 0.2) is 0 Å². The molecule has 0 atom stereocenters. The normalized spacial score (nSPS) is 13.6. The molecule has 0 saturated heterocycles. The van der Waals surface area contributed by atoms with Crippen LogP contribution in [0.15, 0.2) is 53.6 Å². The zero-order valence-electron chi connectivity index (χ0n) is 17.0. The van der Waals surface area contributed by atoms with Crippen LogP contribution in [0.2, 0.25) is 0 Å². The molecule has 4 aromatic rings. The first-order valence-electron chi connectivity index (χ1n) is 9.77. The second kappa shape index (κ2) is 8.07. The minimum atomic E-state index is -4.50. The summed E-state index contributed by atoms with van der Waals surface area (Å²) >= 11 is 0. The number of pyridine rings is 3. The van der Waals surface area contributed by atoms with Gasteiger partial charge in [0.1, 0.15) is 17.2 Å². The zero-order valence-corrected chi connectivity index (χ0v) is 17.8. The van der Waals surface area contributed by atoms with Crippen molar-refractivity contribution in [3.05, 3.63) is 76.1 Å². The highest BCUT2D eigenvalue weighted by molar-refractivity contribution is 5.85. The van der Waals surface area contributed by atoms with Crippen LogP contribution in [-0.4, -0.2) is 25.6 Å². The van der Waals surface area contributed by atoms with Gasteiger partial charge in [-0.05, 0) is 35.4 Å². The summed E-state index contributed by atoms with van der Waals surface area (Å²) in [6, 6.07) is 9.03. The molecule has 1 aliphatic heterocycles. The Bertz CT molecular complexity index is 1360. The molecule has 1 aliphatic rings. The second-order valence-electron chi connectivity index (χ2n) is 7.51. The lowest BCUT2D eigenvalue weighted by atomic mass is 10.1. The molecule has 0 radical (unpaired) electrons. The molecule has 166 valence electrons. The largest absolute Gasteiger partial charge is 0.433 e. The monoisotopic (exact) mass is 461 g/mol. The van der Waals surface area contributed by atoms with Crippen LogP contribution in [-0.2, 0) is 26.2 Å². The zero-order chi connectivity index (χ0) is 21.8. The maximum absolute atomic E-state index is 12.8. The predicted octanol–water partition coefficient (Wildman–Crippen LogP) is 3.87. The van der Waals surface area contributed by atoms with Crippen molar-refractivity contribution in [2.45, 2.75) is 19.1 Å². The van der Waals surface area contributed by atoms with Crippen LogP contribution in [0.4, 0.5) is 13.2 Å². The van der Waals surface area contributed by atoms with Crippen LogP contribution >= 0.6 is 12.4 Å². The average Bonchev–Trinajstić information content (AvgIpc) is 3.05. The van der Waals surface area contributed by atoms with Crippen molar-refractivity contribution >= 4 is 23.4 Å². The van der Waals surface area contributed by atoms with Gasteiger partial charge in [0.2, 0.25) is 0 Å². The number of alkyl halides is 3. The summed E-state index contributed by atoms with van der Waals surface area (Å²) in [5, 5.41) is 4.44. The van der Waals surface area contributed by atoms with Gasteiger partial charge in [-0.1, -0.05) is 6.07 Å². The Morgan fingerprint density at radius 1 is 1.09 bits per heavy atom. The Balaban J connectivity index is 0.00000245. The lowest BCUT2D eigenvalue weighted by Crippen LogP contribution is -2.24. The number of hydrogen-bond acceptors (Lipinski definition) is 4. The number of hydrogen-bond donors (Lipinski definition) is 1. The van der Waals surface area contributed by atoms with Gasteiger partial charge in [-0.2, -0.15) is 13.2 Å². The third-order valence-electron chi connectivity index (χ3n) is 5.65. The Morgan fingerprint density at radius 3 is 2.59 bits per heavy atom. The highest BCUT2D eigenvalue weighted by Crippen LogP contribution is 2.29. The molecule has 5 rings (SSSR count). The molecule has 0 fully saturated rings. The van der Waals surface area contributed by atoms with Crippen molar-refractivity contribution in [3.8, 4) is 16.9 Å². The van der Waals surface area contributed by atoms with E-state index in [1.165, 1.54) is 28.0 Å². The van der Waals surface area contributed by atoms with Crippen molar-refractivity contribution in [1.82, 2.24) is 24.4 Å². The molecule has 1 N–H and O–H groups in total. The van der Waals surface area contributed by atoms with E-state index in [1.807, 2.05) is 13.1 Å². The summed E-state index contributed by atoms with van der Waals surface area (Å²) in [6.45, 7) is 1.72. The van der Waals surface area contributed by atoms with Crippen molar-refractivity contribution in [2.75, 3.05) is 6.54 Å². The van der Waals surface area contributed by atoms with E-state index in [2.05, 4.69) is 14.9 Å². The predicted molar refractivity (Wildman–Crippen MR) is 117 cm³/mol. The summed E-state index contributed by atoms with van der Waals surface area (Å²) in [6.07, 6.45) is -0.880. The van der Waals surface area contributed by atoms with Gasteiger partial charge in [0, 0.05) is 61.7 Å². The number of nitrogens with zero attached hydrogens (tertiary/aromatic N) is 4. The minimum Gasteiger partial charge on any atom is -0.332 e. The Morgan fingerprint density at radius 2 is 1.91 bits per heavy atom. The number of aryl methyl sites for hydroxylation is 1. The molecule has 0 unspecified atom stereocenters. The van der Waals surface area contributed by atoms with Crippen molar-refractivity contribution < 1.29 is 13.2 Å². The Labute approximate surface area is 187 Å². The van der Waals surface area contributed by atoms with E-state index in [0.717, 1.165) is 42.8 Å². The molecule has 0 amide bonds. The van der Waals surface area contributed by atoms with E-state index in [1.54, 1.807) is 18.3 Å². The molecular formula is C22H19ClF3N5O.